The first kappa shape index (κ1) is 22.5. The van der Waals surface area contributed by atoms with Crippen LogP contribution in [0, 0.1) is 11.7 Å². The van der Waals surface area contributed by atoms with E-state index in [-0.39, 0.29) is 22.1 Å². The van der Waals surface area contributed by atoms with Crippen LogP contribution < -0.4 is 4.72 Å². The molecule has 0 aliphatic carbocycles. The van der Waals surface area contributed by atoms with Crippen LogP contribution in [0.2, 0.25) is 5.02 Å². The molecule has 1 aromatic carbocycles. The maximum atomic E-state index is 14.9. The molecule has 0 bridgehead atoms. The fourth-order valence-corrected chi connectivity index (χ4v) is 3.85. The summed E-state index contributed by atoms with van der Waals surface area (Å²) in [6.07, 6.45) is 4.38. The smallest absolute Gasteiger partial charge is 0.347 e. The number of nitrogens with one attached hydrogen (secondary N) is 1. The van der Waals surface area contributed by atoms with Gasteiger partial charge in [0, 0.05) is 53.7 Å². The number of benzene rings is 1. The molecule has 3 rings (SSSR count). The third-order valence-electron chi connectivity index (χ3n) is 4.43. The first-order valence-corrected chi connectivity index (χ1v) is 10.7. The monoisotopic (exact) mass is 463 g/mol. The highest BCUT2D eigenvalue weighted by Gasteiger charge is 2.45. The van der Waals surface area contributed by atoms with Crippen molar-refractivity contribution in [2.75, 3.05) is 0 Å². The lowest BCUT2D eigenvalue weighted by Crippen LogP contribution is -2.35. The highest BCUT2D eigenvalue weighted by Crippen LogP contribution is 2.34. The number of fused-ring (bicyclic) bond motifs is 1. The number of nitrogens with zero attached hydrogens (tertiary/aromatic N) is 2. The van der Waals surface area contributed by atoms with E-state index in [1.54, 1.807) is 16.7 Å². The molecule has 30 heavy (non-hydrogen) atoms. The Morgan fingerprint density at radius 1 is 1.23 bits per heavy atom. The normalized spacial score (nSPS) is 12.8. The quantitative estimate of drug-likeness (QED) is 0.518. The summed E-state index contributed by atoms with van der Waals surface area (Å²) in [5, 5.41) is 0.558. The van der Waals surface area contributed by atoms with Crippen molar-refractivity contribution in [1.29, 1.82) is 0 Å². The molecule has 2 heterocycles. The second kappa shape index (κ2) is 8.16. The van der Waals surface area contributed by atoms with E-state index >= 15 is 0 Å². The maximum absolute atomic E-state index is 14.9. The number of rotatable bonds is 6. The molecule has 0 fully saturated rings. The molecule has 0 aliphatic heterocycles. The molecule has 5 nitrogen and oxygen atoms in total. The predicted molar refractivity (Wildman–Crippen MR) is 107 cm³/mol. The van der Waals surface area contributed by atoms with Crippen LogP contribution in [0.25, 0.3) is 22.0 Å². The fourth-order valence-electron chi connectivity index (χ4n) is 3.12. The average molecular weight is 464 g/mol. The molecule has 3 aromatic rings. The number of hydrogen-bond donors (Lipinski definition) is 1. The van der Waals surface area contributed by atoms with Gasteiger partial charge in [0.15, 0.2) is 0 Å². The van der Waals surface area contributed by atoms with Gasteiger partial charge in [-0.2, -0.15) is 13.2 Å². The summed E-state index contributed by atoms with van der Waals surface area (Å²) in [6, 6.07) is 4.28. The minimum atomic E-state index is -5.52. The highest BCUT2D eigenvalue weighted by atomic mass is 35.5. The van der Waals surface area contributed by atoms with Crippen LogP contribution in [0.15, 0.2) is 36.8 Å². The topological polar surface area (TPSA) is 64.0 Å². The van der Waals surface area contributed by atoms with Gasteiger partial charge in [-0.3, -0.25) is 4.98 Å². The number of sulfonamides is 1. The number of alkyl halides is 3. The van der Waals surface area contributed by atoms with Crippen LogP contribution in [0.1, 0.15) is 19.4 Å². The van der Waals surface area contributed by atoms with Crippen molar-refractivity contribution in [1.82, 2.24) is 14.3 Å². The van der Waals surface area contributed by atoms with Crippen molar-refractivity contribution in [2.24, 2.45) is 5.92 Å². The standard InChI is InChI=1S/C19H18ClF4N3O2S/c1-11(2)9-27-10-12(7-26-30(28,29)19(22,23)24)14-5-17(21)15(6-18(14)27)13-3-4-25-8-16(13)20/h3-6,8,10-11,26H,7,9H2,1-2H3. The van der Waals surface area contributed by atoms with Crippen molar-refractivity contribution in [3.63, 3.8) is 0 Å². The fraction of sp³-hybridized carbons (Fsp3) is 0.316. The van der Waals surface area contributed by atoms with E-state index in [1.807, 2.05) is 13.8 Å². The Hall–Kier alpha value is -2.17. The third kappa shape index (κ3) is 4.45. The predicted octanol–water partition coefficient (Wildman–Crippen LogP) is 5.09. The van der Waals surface area contributed by atoms with Gasteiger partial charge in [-0.1, -0.05) is 25.4 Å². The molecule has 0 aliphatic rings. The Morgan fingerprint density at radius 3 is 2.53 bits per heavy atom. The molecule has 0 unspecified atom stereocenters. The number of aromatic nitrogens is 2. The molecule has 0 amide bonds. The average Bonchev–Trinajstić information content (AvgIpc) is 2.95. The second-order valence-corrected chi connectivity index (χ2v) is 9.34. The van der Waals surface area contributed by atoms with Gasteiger partial charge >= 0.3 is 15.5 Å². The van der Waals surface area contributed by atoms with Crippen molar-refractivity contribution in [3.05, 3.63) is 53.2 Å². The van der Waals surface area contributed by atoms with Crippen LogP contribution in [0.5, 0.6) is 0 Å². The minimum absolute atomic E-state index is 0.179. The number of halogens is 5. The summed E-state index contributed by atoms with van der Waals surface area (Å²) in [7, 11) is -5.52. The maximum Gasteiger partial charge on any atom is 0.511 e. The highest BCUT2D eigenvalue weighted by molar-refractivity contribution is 7.90. The van der Waals surface area contributed by atoms with E-state index < -0.39 is 27.9 Å². The number of pyridine rings is 1. The van der Waals surface area contributed by atoms with Crippen LogP contribution in [0.3, 0.4) is 0 Å². The van der Waals surface area contributed by atoms with Gasteiger partial charge in [0.25, 0.3) is 0 Å². The molecule has 2 aromatic heterocycles. The van der Waals surface area contributed by atoms with Crippen molar-refractivity contribution in [2.45, 2.75) is 32.4 Å². The zero-order chi connectivity index (χ0) is 22.3. The molecular formula is C19H18ClF4N3O2S. The van der Waals surface area contributed by atoms with E-state index in [1.165, 1.54) is 29.4 Å². The third-order valence-corrected chi connectivity index (χ3v) is 5.87. The van der Waals surface area contributed by atoms with Crippen molar-refractivity contribution in [3.8, 4) is 11.1 Å². The Bertz CT molecular complexity index is 1190. The summed E-state index contributed by atoms with van der Waals surface area (Å²) in [5.41, 5.74) is -4.03. The van der Waals surface area contributed by atoms with Crippen molar-refractivity contribution >= 4 is 32.5 Å². The van der Waals surface area contributed by atoms with Gasteiger partial charge in [-0.05, 0) is 29.7 Å². The lowest BCUT2D eigenvalue weighted by Gasteiger charge is -2.11. The minimum Gasteiger partial charge on any atom is -0.347 e. The largest absolute Gasteiger partial charge is 0.511 e. The lowest BCUT2D eigenvalue weighted by molar-refractivity contribution is -0.0448. The SMILES string of the molecule is CC(C)Cn1cc(CNS(=O)(=O)C(F)(F)F)c2cc(F)c(-c3ccncc3Cl)cc21. The van der Waals surface area contributed by atoms with Gasteiger partial charge in [-0.15, -0.1) is 0 Å². The Labute approximate surface area is 175 Å². The first-order chi connectivity index (χ1) is 13.9. The van der Waals surface area contributed by atoms with Crippen LogP contribution in [-0.4, -0.2) is 23.5 Å². The number of hydrogen-bond acceptors (Lipinski definition) is 3. The van der Waals surface area contributed by atoms with Gasteiger partial charge < -0.3 is 4.57 Å². The van der Waals surface area contributed by atoms with Crippen molar-refractivity contribution < 1.29 is 26.0 Å². The summed E-state index contributed by atoms with van der Waals surface area (Å²) in [5.74, 6) is -0.462. The molecule has 11 heteroatoms. The van der Waals surface area contributed by atoms with E-state index in [9.17, 15) is 26.0 Å². The summed E-state index contributed by atoms with van der Waals surface area (Å²) in [4.78, 5) is 3.87. The molecule has 162 valence electrons. The Kier molecular flexibility index (Phi) is 6.13. The molecular weight excluding hydrogens is 446 g/mol. The van der Waals surface area contributed by atoms with Crippen LogP contribution in [-0.2, 0) is 23.1 Å². The molecule has 0 atom stereocenters. The zero-order valence-electron chi connectivity index (χ0n) is 16.0. The van der Waals surface area contributed by atoms with Gasteiger partial charge in [0.2, 0.25) is 0 Å². The summed E-state index contributed by atoms with van der Waals surface area (Å²) in [6.45, 7) is 3.76. The molecule has 0 radical (unpaired) electrons. The van der Waals surface area contributed by atoms with Gasteiger partial charge in [0.05, 0.1) is 5.02 Å². The lowest BCUT2D eigenvalue weighted by atomic mass is 10.0. The molecule has 0 saturated carbocycles. The Balaban J connectivity index is 2.12. The molecule has 0 saturated heterocycles. The van der Waals surface area contributed by atoms with E-state index in [0.29, 0.717) is 23.0 Å². The van der Waals surface area contributed by atoms with Gasteiger partial charge in [-0.25, -0.2) is 17.5 Å². The van der Waals surface area contributed by atoms with Crippen LogP contribution >= 0.6 is 11.6 Å². The van der Waals surface area contributed by atoms with E-state index in [2.05, 4.69) is 4.98 Å². The zero-order valence-corrected chi connectivity index (χ0v) is 17.5. The summed E-state index contributed by atoms with van der Waals surface area (Å²) >= 11 is 6.13. The first-order valence-electron chi connectivity index (χ1n) is 8.88. The van der Waals surface area contributed by atoms with E-state index in [0.717, 1.165) is 0 Å². The summed E-state index contributed by atoms with van der Waals surface area (Å²) < 4.78 is 78.8. The second-order valence-electron chi connectivity index (χ2n) is 7.18. The molecule has 0 spiro atoms. The Morgan fingerprint density at radius 2 is 1.93 bits per heavy atom. The van der Waals surface area contributed by atoms with E-state index in [4.69, 9.17) is 11.6 Å². The van der Waals surface area contributed by atoms with Crippen LogP contribution in [0.4, 0.5) is 17.6 Å². The van der Waals surface area contributed by atoms with Gasteiger partial charge in [0.1, 0.15) is 5.82 Å². The molecule has 1 N–H and O–H groups in total.